The van der Waals surface area contributed by atoms with Crippen molar-refractivity contribution in [3.8, 4) is 0 Å². The Hall–Kier alpha value is -2.09. The fourth-order valence-electron chi connectivity index (χ4n) is 3.29. The molecule has 1 aliphatic heterocycles. The third-order valence-corrected chi connectivity index (χ3v) is 5.11. The first-order chi connectivity index (χ1) is 11.9. The fraction of sp³-hybridized carbons (Fsp3) is 0.294. The maximum atomic E-state index is 14.9. The van der Waals surface area contributed by atoms with Gasteiger partial charge in [0.2, 0.25) is 0 Å². The monoisotopic (exact) mass is 410 g/mol. The first kappa shape index (κ1) is 16.4. The van der Waals surface area contributed by atoms with Gasteiger partial charge in [-0.15, -0.1) is 5.10 Å². The molecule has 8 heteroatoms. The number of nitrogens with zero attached hydrogens (tertiary/aromatic N) is 4. The van der Waals surface area contributed by atoms with Crippen molar-refractivity contribution in [2.24, 2.45) is 5.92 Å². The van der Waals surface area contributed by atoms with Crippen LogP contribution >= 0.6 is 15.9 Å². The molecule has 4 nitrogen and oxygen atoms in total. The van der Waals surface area contributed by atoms with Gasteiger partial charge in [0, 0.05) is 12.5 Å². The van der Waals surface area contributed by atoms with Crippen LogP contribution in [-0.2, 0) is 0 Å². The van der Waals surface area contributed by atoms with E-state index in [-0.39, 0.29) is 12.1 Å². The Bertz CT molecular complexity index is 943. The third kappa shape index (κ3) is 2.59. The number of rotatable bonds is 2. The van der Waals surface area contributed by atoms with Crippen LogP contribution in [0, 0.1) is 11.7 Å². The van der Waals surface area contributed by atoms with Gasteiger partial charge in [0.1, 0.15) is 22.3 Å². The van der Waals surface area contributed by atoms with Gasteiger partial charge in [-0.25, -0.2) is 22.7 Å². The molecular formula is C17H14BrF3N4. The molecule has 3 aromatic rings. The highest BCUT2D eigenvalue weighted by atomic mass is 79.9. The number of imidazole rings is 1. The second-order valence-corrected chi connectivity index (χ2v) is 7.04. The SMILES string of the molecule is C[C@@H]1CN(c2ccc3ncc(Br)n3n2)C(c2cccc(F)c2)C1(F)F. The minimum atomic E-state index is -3.00. The van der Waals surface area contributed by atoms with Gasteiger partial charge in [0.05, 0.1) is 6.20 Å². The van der Waals surface area contributed by atoms with Crippen LogP contribution in [0.1, 0.15) is 18.5 Å². The Morgan fingerprint density at radius 1 is 1.24 bits per heavy atom. The minimum absolute atomic E-state index is 0.124. The van der Waals surface area contributed by atoms with Crippen LogP contribution in [0.4, 0.5) is 19.0 Å². The third-order valence-electron chi connectivity index (χ3n) is 4.57. The van der Waals surface area contributed by atoms with E-state index in [9.17, 15) is 13.2 Å². The Kier molecular flexibility index (Phi) is 3.75. The average Bonchev–Trinajstić information content (AvgIpc) is 3.05. The Morgan fingerprint density at radius 2 is 2.04 bits per heavy atom. The van der Waals surface area contributed by atoms with Gasteiger partial charge in [-0.2, -0.15) is 0 Å². The normalized spacial score (nSPS) is 22.7. The molecule has 2 aromatic heterocycles. The summed E-state index contributed by atoms with van der Waals surface area (Å²) in [5.41, 5.74) is 0.845. The summed E-state index contributed by atoms with van der Waals surface area (Å²) in [5, 5.41) is 4.42. The van der Waals surface area contributed by atoms with E-state index < -0.39 is 23.7 Å². The maximum absolute atomic E-state index is 14.9. The van der Waals surface area contributed by atoms with Crippen molar-refractivity contribution < 1.29 is 13.2 Å². The summed E-state index contributed by atoms with van der Waals surface area (Å²) >= 11 is 3.34. The zero-order valence-electron chi connectivity index (χ0n) is 13.2. The zero-order chi connectivity index (χ0) is 17.8. The van der Waals surface area contributed by atoms with Crippen LogP contribution in [0.5, 0.6) is 0 Å². The molecule has 25 heavy (non-hydrogen) atoms. The van der Waals surface area contributed by atoms with Gasteiger partial charge >= 0.3 is 0 Å². The number of halogens is 4. The number of fused-ring (bicyclic) bond motifs is 1. The molecule has 0 amide bonds. The van der Waals surface area contributed by atoms with E-state index in [0.717, 1.165) is 6.07 Å². The molecule has 0 spiro atoms. The van der Waals surface area contributed by atoms with E-state index in [1.54, 1.807) is 22.8 Å². The van der Waals surface area contributed by atoms with Gasteiger partial charge in [-0.3, -0.25) is 0 Å². The molecule has 1 aliphatic rings. The number of hydrogen-bond donors (Lipinski definition) is 0. The van der Waals surface area contributed by atoms with E-state index in [4.69, 9.17) is 0 Å². The lowest BCUT2D eigenvalue weighted by Gasteiger charge is -2.29. The predicted octanol–water partition coefficient (Wildman–Crippen LogP) is 4.46. The van der Waals surface area contributed by atoms with Gasteiger partial charge in [0.25, 0.3) is 5.92 Å². The van der Waals surface area contributed by atoms with Crippen LogP contribution in [0.2, 0.25) is 0 Å². The molecule has 2 atom stereocenters. The summed E-state index contributed by atoms with van der Waals surface area (Å²) in [7, 11) is 0. The predicted molar refractivity (Wildman–Crippen MR) is 91.3 cm³/mol. The second kappa shape index (κ2) is 5.72. The first-order valence-corrected chi connectivity index (χ1v) is 8.57. The number of alkyl halides is 2. The van der Waals surface area contributed by atoms with Crippen molar-refractivity contribution in [1.82, 2.24) is 14.6 Å². The lowest BCUT2D eigenvalue weighted by molar-refractivity contribution is -0.0438. The number of benzene rings is 1. The largest absolute Gasteiger partial charge is 0.342 e. The van der Waals surface area contributed by atoms with Crippen LogP contribution in [0.25, 0.3) is 5.65 Å². The molecule has 0 N–H and O–H groups in total. The summed E-state index contributed by atoms with van der Waals surface area (Å²) in [5.74, 6) is -4.03. The topological polar surface area (TPSA) is 33.4 Å². The van der Waals surface area contributed by atoms with Crippen molar-refractivity contribution in [1.29, 1.82) is 0 Å². The average molecular weight is 411 g/mol. The van der Waals surface area contributed by atoms with Gasteiger partial charge in [-0.1, -0.05) is 19.1 Å². The molecule has 1 aromatic carbocycles. The summed E-state index contributed by atoms with van der Waals surface area (Å²) in [4.78, 5) is 5.69. The summed E-state index contributed by atoms with van der Waals surface area (Å²) in [6.07, 6.45) is 1.59. The van der Waals surface area contributed by atoms with E-state index >= 15 is 0 Å². The van der Waals surface area contributed by atoms with Crippen LogP contribution in [-0.4, -0.2) is 27.1 Å². The highest BCUT2D eigenvalue weighted by molar-refractivity contribution is 9.10. The molecule has 0 radical (unpaired) electrons. The van der Waals surface area contributed by atoms with Crippen LogP contribution < -0.4 is 4.90 Å². The molecule has 0 bridgehead atoms. The molecule has 3 heterocycles. The summed E-state index contributed by atoms with van der Waals surface area (Å²) < 4.78 is 45.5. The van der Waals surface area contributed by atoms with Crippen LogP contribution in [0.15, 0.2) is 47.2 Å². The molecule has 130 valence electrons. The van der Waals surface area contributed by atoms with Crippen molar-refractivity contribution in [2.45, 2.75) is 18.9 Å². The lowest BCUT2D eigenvalue weighted by Crippen LogP contribution is -2.32. The molecule has 1 unspecified atom stereocenters. The first-order valence-electron chi connectivity index (χ1n) is 7.78. The highest BCUT2D eigenvalue weighted by Gasteiger charge is 2.55. The van der Waals surface area contributed by atoms with Crippen molar-refractivity contribution >= 4 is 27.4 Å². The molecule has 1 saturated heterocycles. The highest BCUT2D eigenvalue weighted by Crippen LogP contribution is 2.49. The van der Waals surface area contributed by atoms with Crippen molar-refractivity contribution in [3.63, 3.8) is 0 Å². The summed E-state index contributed by atoms with van der Waals surface area (Å²) in [6, 6.07) is 7.49. The zero-order valence-corrected chi connectivity index (χ0v) is 14.8. The Labute approximate surface area is 150 Å². The molecule has 1 fully saturated rings. The Balaban J connectivity index is 1.84. The van der Waals surface area contributed by atoms with Crippen LogP contribution in [0.3, 0.4) is 0 Å². The Morgan fingerprint density at radius 3 is 2.80 bits per heavy atom. The lowest BCUT2D eigenvalue weighted by atomic mass is 9.96. The standard InChI is InChI=1S/C17H14BrF3N4/c1-10-9-24(15-6-5-14-22-8-13(18)25(14)23-15)16(17(10,20)21)11-3-2-4-12(19)7-11/h2-8,10,16H,9H2,1H3/t10-,16?/m1/s1. The van der Waals surface area contributed by atoms with Gasteiger partial charge in [-0.05, 0) is 45.8 Å². The summed E-state index contributed by atoms with van der Waals surface area (Å²) in [6.45, 7) is 1.62. The van der Waals surface area contributed by atoms with E-state index in [1.807, 2.05) is 0 Å². The van der Waals surface area contributed by atoms with E-state index in [2.05, 4.69) is 26.0 Å². The number of anilines is 1. The molecular weight excluding hydrogens is 397 g/mol. The van der Waals surface area contributed by atoms with Gasteiger partial charge < -0.3 is 4.90 Å². The molecule has 0 aliphatic carbocycles. The fourth-order valence-corrected chi connectivity index (χ4v) is 3.66. The van der Waals surface area contributed by atoms with E-state index in [1.165, 1.54) is 30.0 Å². The smallest absolute Gasteiger partial charge is 0.276 e. The number of hydrogen-bond acceptors (Lipinski definition) is 3. The quantitative estimate of drug-likeness (QED) is 0.625. The second-order valence-electron chi connectivity index (χ2n) is 6.23. The maximum Gasteiger partial charge on any atom is 0.276 e. The molecule has 0 saturated carbocycles. The van der Waals surface area contributed by atoms with E-state index in [0.29, 0.717) is 16.1 Å². The number of aromatic nitrogens is 3. The minimum Gasteiger partial charge on any atom is -0.342 e. The van der Waals surface area contributed by atoms with Crippen molar-refractivity contribution in [2.75, 3.05) is 11.4 Å². The molecule has 4 rings (SSSR count). The van der Waals surface area contributed by atoms with Gasteiger partial charge in [0.15, 0.2) is 5.65 Å². The van der Waals surface area contributed by atoms with Crippen molar-refractivity contribution in [3.05, 3.63) is 58.6 Å².